The van der Waals surface area contributed by atoms with E-state index in [1.165, 1.54) is 11.1 Å². The summed E-state index contributed by atoms with van der Waals surface area (Å²) in [5.74, 6) is 0.922. The molecule has 17 heavy (non-hydrogen) atoms. The highest BCUT2D eigenvalue weighted by Crippen LogP contribution is 2.15. The third-order valence-corrected chi connectivity index (χ3v) is 2.83. The standard InChI is InChI=1S/C15H19NO/c16-11-10-13-6-8-15(9-7-13)17-12-14-4-2-1-3-5-14/h2,4-9H,1,3,10-12,16H2. The van der Waals surface area contributed by atoms with E-state index in [4.69, 9.17) is 10.5 Å². The zero-order valence-electron chi connectivity index (χ0n) is 10.1. The first-order valence-electron chi connectivity index (χ1n) is 6.16. The van der Waals surface area contributed by atoms with Gasteiger partial charge in [-0.1, -0.05) is 30.4 Å². The van der Waals surface area contributed by atoms with Crippen molar-refractivity contribution in [1.29, 1.82) is 0 Å². The molecular formula is C15H19NO. The van der Waals surface area contributed by atoms with Gasteiger partial charge in [-0.25, -0.2) is 0 Å². The number of hydrogen-bond acceptors (Lipinski definition) is 2. The average Bonchev–Trinajstić information content (AvgIpc) is 2.40. The summed E-state index contributed by atoms with van der Waals surface area (Å²) >= 11 is 0. The second-order valence-corrected chi connectivity index (χ2v) is 4.23. The van der Waals surface area contributed by atoms with Crippen molar-refractivity contribution in [2.75, 3.05) is 13.2 Å². The molecule has 2 rings (SSSR count). The molecule has 0 atom stereocenters. The first-order chi connectivity index (χ1) is 8.38. The monoisotopic (exact) mass is 229 g/mol. The van der Waals surface area contributed by atoms with Crippen molar-refractivity contribution in [2.24, 2.45) is 5.73 Å². The molecule has 0 aliphatic heterocycles. The zero-order chi connectivity index (χ0) is 11.9. The van der Waals surface area contributed by atoms with Gasteiger partial charge < -0.3 is 10.5 Å². The molecule has 2 N–H and O–H groups in total. The van der Waals surface area contributed by atoms with Crippen molar-refractivity contribution in [2.45, 2.75) is 19.3 Å². The van der Waals surface area contributed by atoms with Gasteiger partial charge in [0.15, 0.2) is 0 Å². The van der Waals surface area contributed by atoms with Gasteiger partial charge in [-0.2, -0.15) is 0 Å². The highest BCUT2D eigenvalue weighted by molar-refractivity contribution is 5.29. The molecular weight excluding hydrogens is 210 g/mol. The van der Waals surface area contributed by atoms with Crippen molar-refractivity contribution < 1.29 is 4.74 Å². The Morgan fingerprint density at radius 1 is 1.12 bits per heavy atom. The molecule has 0 saturated carbocycles. The van der Waals surface area contributed by atoms with Crippen LogP contribution in [0, 0.1) is 0 Å². The molecule has 0 heterocycles. The van der Waals surface area contributed by atoms with Gasteiger partial charge in [0.1, 0.15) is 12.4 Å². The lowest BCUT2D eigenvalue weighted by Gasteiger charge is -2.10. The Hall–Kier alpha value is -1.54. The van der Waals surface area contributed by atoms with Gasteiger partial charge in [-0.15, -0.1) is 0 Å². The molecule has 2 heteroatoms. The van der Waals surface area contributed by atoms with E-state index in [1.807, 2.05) is 12.1 Å². The smallest absolute Gasteiger partial charge is 0.119 e. The lowest BCUT2D eigenvalue weighted by Crippen LogP contribution is -2.03. The normalized spacial score (nSPS) is 14.5. The molecule has 0 radical (unpaired) electrons. The van der Waals surface area contributed by atoms with Crippen LogP contribution in [0.1, 0.15) is 18.4 Å². The molecule has 1 aliphatic carbocycles. The first-order valence-corrected chi connectivity index (χ1v) is 6.16. The predicted molar refractivity (Wildman–Crippen MR) is 71.2 cm³/mol. The number of ether oxygens (including phenoxy) is 1. The fourth-order valence-corrected chi connectivity index (χ4v) is 1.86. The van der Waals surface area contributed by atoms with Gasteiger partial charge >= 0.3 is 0 Å². The Balaban J connectivity index is 1.86. The molecule has 90 valence electrons. The van der Waals surface area contributed by atoms with Crippen LogP contribution >= 0.6 is 0 Å². The fraction of sp³-hybridized carbons (Fsp3) is 0.333. The summed E-state index contributed by atoms with van der Waals surface area (Å²) in [6.45, 7) is 1.35. The minimum atomic E-state index is 0.659. The molecule has 0 saturated heterocycles. The lowest BCUT2D eigenvalue weighted by atomic mass is 10.1. The summed E-state index contributed by atoms with van der Waals surface area (Å²) in [7, 11) is 0. The summed E-state index contributed by atoms with van der Waals surface area (Å²) in [4.78, 5) is 0. The van der Waals surface area contributed by atoms with Gasteiger partial charge in [0, 0.05) is 0 Å². The van der Waals surface area contributed by atoms with Crippen LogP contribution in [-0.2, 0) is 6.42 Å². The van der Waals surface area contributed by atoms with Crippen LogP contribution in [0.15, 0.2) is 48.1 Å². The average molecular weight is 229 g/mol. The molecule has 2 nitrogen and oxygen atoms in total. The Morgan fingerprint density at radius 3 is 2.59 bits per heavy atom. The number of rotatable bonds is 5. The summed E-state index contributed by atoms with van der Waals surface area (Å²) in [5.41, 5.74) is 8.04. The summed E-state index contributed by atoms with van der Waals surface area (Å²) in [6.07, 6.45) is 9.79. The number of hydrogen-bond donors (Lipinski definition) is 1. The second kappa shape index (κ2) is 6.26. The largest absolute Gasteiger partial charge is 0.489 e. The maximum Gasteiger partial charge on any atom is 0.119 e. The SMILES string of the molecule is NCCc1ccc(OCC2=CCCC=C2)cc1. The van der Waals surface area contributed by atoms with Gasteiger partial charge in [0.05, 0.1) is 0 Å². The minimum Gasteiger partial charge on any atom is -0.489 e. The van der Waals surface area contributed by atoms with E-state index >= 15 is 0 Å². The van der Waals surface area contributed by atoms with E-state index in [1.54, 1.807) is 0 Å². The van der Waals surface area contributed by atoms with Crippen LogP contribution in [0.2, 0.25) is 0 Å². The van der Waals surface area contributed by atoms with Crippen LogP contribution < -0.4 is 10.5 Å². The van der Waals surface area contributed by atoms with Crippen LogP contribution in [0.3, 0.4) is 0 Å². The molecule has 0 fully saturated rings. The Labute approximate surface area is 103 Å². The Bertz CT molecular complexity index is 403. The van der Waals surface area contributed by atoms with Crippen LogP contribution in [0.5, 0.6) is 5.75 Å². The van der Waals surface area contributed by atoms with Crippen molar-refractivity contribution in [3.8, 4) is 5.75 Å². The van der Waals surface area contributed by atoms with Gasteiger partial charge in [-0.05, 0) is 49.1 Å². The van der Waals surface area contributed by atoms with E-state index in [2.05, 4.69) is 30.4 Å². The van der Waals surface area contributed by atoms with Crippen molar-refractivity contribution in [3.05, 3.63) is 53.6 Å². The molecule has 1 aromatic carbocycles. The highest BCUT2D eigenvalue weighted by Gasteiger charge is 1.99. The summed E-state index contributed by atoms with van der Waals surface area (Å²) in [6, 6.07) is 8.18. The topological polar surface area (TPSA) is 35.2 Å². The molecule has 0 bridgehead atoms. The highest BCUT2D eigenvalue weighted by atomic mass is 16.5. The predicted octanol–water partition coefficient (Wildman–Crippen LogP) is 2.84. The maximum absolute atomic E-state index is 5.73. The van der Waals surface area contributed by atoms with Crippen LogP contribution in [0.4, 0.5) is 0 Å². The number of nitrogens with two attached hydrogens (primary N) is 1. The van der Waals surface area contributed by atoms with E-state index in [9.17, 15) is 0 Å². The quantitative estimate of drug-likeness (QED) is 0.842. The lowest BCUT2D eigenvalue weighted by molar-refractivity contribution is 0.354. The molecule has 1 aliphatic rings. The van der Waals surface area contributed by atoms with Gasteiger partial charge in [0.25, 0.3) is 0 Å². The van der Waals surface area contributed by atoms with Gasteiger partial charge in [0.2, 0.25) is 0 Å². The summed E-state index contributed by atoms with van der Waals surface area (Å²) < 4.78 is 5.73. The first kappa shape index (κ1) is 11.9. The maximum atomic E-state index is 5.73. The second-order valence-electron chi connectivity index (χ2n) is 4.23. The minimum absolute atomic E-state index is 0.659. The molecule has 1 aromatic rings. The van der Waals surface area contributed by atoms with Gasteiger partial charge in [-0.3, -0.25) is 0 Å². The zero-order valence-corrected chi connectivity index (χ0v) is 10.1. The van der Waals surface area contributed by atoms with Crippen LogP contribution in [-0.4, -0.2) is 13.2 Å². The third-order valence-electron chi connectivity index (χ3n) is 2.83. The van der Waals surface area contributed by atoms with Crippen molar-refractivity contribution in [1.82, 2.24) is 0 Å². The molecule has 0 amide bonds. The van der Waals surface area contributed by atoms with E-state index in [0.717, 1.165) is 25.0 Å². The van der Waals surface area contributed by atoms with Crippen LogP contribution in [0.25, 0.3) is 0 Å². The fourth-order valence-electron chi connectivity index (χ4n) is 1.86. The van der Waals surface area contributed by atoms with E-state index in [0.29, 0.717) is 13.2 Å². The molecule has 0 unspecified atom stereocenters. The Kier molecular flexibility index (Phi) is 4.39. The summed E-state index contributed by atoms with van der Waals surface area (Å²) in [5, 5.41) is 0. The van der Waals surface area contributed by atoms with Crippen molar-refractivity contribution in [3.63, 3.8) is 0 Å². The van der Waals surface area contributed by atoms with E-state index in [-0.39, 0.29) is 0 Å². The van der Waals surface area contributed by atoms with E-state index < -0.39 is 0 Å². The Morgan fingerprint density at radius 2 is 1.94 bits per heavy atom. The molecule has 0 spiro atoms. The number of allylic oxidation sites excluding steroid dienone is 2. The molecule has 0 aromatic heterocycles. The third kappa shape index (κ3) is 3.75. The van der Waals surface area contributed by atoms with Crippen molar-refractivity contribution >= 4 is 0 Å². The number of benzene rings is 1.